The lowest BCUT2D eigenvalue weighted by molar-refractivity contribution is -0.394. The molecule has 4 amide bonds. The van der Waals surface area contributed by atoms with Gasteiger partial charge in [-0.05, 0) is 74.0 Å². The molecule has 0 atom stereocenters. The standard InChI is InChI=1S/C28H20N6O8/c1-16-12-18(13-23-26(35)30-28(37)32(27(23)36)21-4-3-11-29-15-21)17(2)31(16)19-5-8-22(9-6-19)42-25-10-7-20(33(38)39)14-24(25)34(40)41/h3-15H,1-2H3,(H,30,35,37)/b23-13+. The Bertz CT molecular complexity index is 1810. The maximum atomic E-state index is 13.2. The largest absolute Gasteiger partial charge is 0.450 e. The summed E-state index contributed by atoms with van der Waals surface area (Å²) in [6.07, 6.45) is 4.24. The van der Waals surface area contributed by atoms with Crippen LogP contribution in [-0.4, -0.2) is 37.2 Å². The van der Waals surface area contributed by atoms with Crippen LogP contribution >= 0.6 is 0 Å². The third kappa shape index (κ3) is 5.06. The molecule has 14 nitrogen and oxygen atoms in total. The highest BCUT2D eigenvalue weighted by atomic mass is 16.6. The number of barbiturate groups is 1. The summed E-state index contributed by atoms with van der Waals surface area (Å²) in [5.41, 5.74) is 1.70. The number of rotatable bonds is 7. The van der Waals surface area contributed by atoms with Crippen molar-refractivity contribution in [1.82, 2.24) is 14.9 Å². The monoisotopic (exact) mass is 568 g/mol. The minimum absolute atomic E-state index is 0.158. The third-order valence-corrected chi connectivity index (χ3v) is 6.45. The number of nitro benzene ring substituents is 2. The van der Waals surface area contributed by atoms with E-state index in [0.717, 1.165) is 28.8 Å². The van der Waals surface area contributed by atoms with Crippen LogP contribution in [0.4, 0.5) is 21.9 Å². The molecule has 2 aromatic carbocycles. The van der Waals surface area contributed by atoms with Gasteiger partial charge in [-0.3, -0.25) is 40.1 Å². The molecule has 42 heavy (non-hydrogen) atoms. The Morgan fingerprint density at radius 1 is 0.929 bits per heavy atom. The number of anilines is 1. The molecular formula is C28H20N6O8. The highest BCUT2D eigenvalue weighted by molar-refractivity contribution is 6.39. The first-order valence-corrected chi connectivity index (χ1v) is 12.3. The minimum Gasteiger partial charge on any atom is -0.450 e. The average molecular weight is 569 g/mol. The first-order valence-electron chi connectivity index (χ1n) is 12.3. The van der Waals surface area contributed by atoms with Gasteiger partial charge in [0.2, 0.25) is 5.75 Å². The highest BCUT2D eigenvalue weighted by Gasteiger charge is 2.37. The Labute approximate surface area is 236 Å². The van der Waals surface area contributed by atoms with Crippen LogP contribution in [0.1, 0.15) is 17.0 Å². The fourth-order valence-corrected chi connectivity index (χ4v) is 4.50. The quantitative estimate of drug-likeness (QED) is 0.142. The number of pyridine rings is 1. The number of nitrogens with zero attached hydrogens (tertiary/aromatic N) is 5. The first-order chi connectivity index (χ1) is 20.0. The van der Waals surface area contributed by atoms with E-state index in [4.69, 9.17) is 4.74 Å². The summed E-state index contributed by atoms with van der Waals surface area (Å²) in [7, 11) is 0. The third-order valence-electron chi connectivity index (χ3n) is 6.45. The molecule has 0 aliphatic carbocycles. The number of imide groups is 2. The molecule has 1 saturated heterocycles. The van der Waals surface area contributed by atoms with E-state index in [2.05, 4.69) is 10.3 Å². The van der Waals surface area contributed by atoms with Crippen molar-refractivity contribution in [3.8, 4) is 17.2 Å². The second-order valence-corrected chi connectivity index (χ2v) is 9.09. The number of urea groups is 1. The molecule has 0 radical (unpaired) electrons. The topological polar surface area (TPSA) is 180 Å². The summed E-state index contributed by atoms with van der Waals surface area (Å²) in [5, 5.41) is 24.6. The van der Waals surface area contributed by atoms with Crippen LogP contribution in [0.3, 0.4) is 0 Å². The molecule has 1 fully saturated rings. The van der Waals surface area contributed by atoms with Crippen LogP contribution < -0.4 is 15.0 Å². The van der Waals surface area contributed by atoms with Gasteiger partial charge in [0, 0.05) is 29.3 Å². The van der Waals surface area contributed by atoms with Crippen LogP contribution in [0.25, 0.3) is 11.8 Å². The van der Waals surface area contributed by atoms with Gasteiger partial charge in [-0.25, -0.2) is 9.69 Å². The second-order valence-electron chi connectivity index (χ2n) is 9.09. The SMILES string of the molecule is Cc1cc(/C=C2\C(=O)NC(=O)N(c3cccnc3)C2=O)c(C)n1-c1ccc(Oc2ccc([N+](=O)[O-])cc2[N+](=O)[O-])cc1. The van der Waals surface area contributed by atoms with Gasteiger partial charge in [-0.2, -0.15) is 0 Å². The number of aromatic nitrogens is 2. The zero-order valence-corrected chi connectivity index (χ0v) is 22.0. The molecule has 0 bridgehead atoms. The smallest absolute Gasteiger partial charge is 0.336 e. The molecular weight excluding hydrogens is 548 g/mol. The molecule has 5 rings (SSSR count). The number of carbonyl (C=O) groups excluding carboxylic acids is 3. The van der Waals surface area contributed by atoms with Gasteiger partial charge in [0.25, 0.3) is 17.5 Å². The molecule has 2 aromatic heterocycles. The Hall–Kier alpha value is -6.18. The molecule has 0 saturated carbocycles. The van der Waals surface area contributed by atoms with Crippen molar-refractivity contribution in [2.75, 3.05) is 4.90 Å². The Balaban J connectivity index is 1.43. The van der Waals surface area contributed by atoms with Crippen LogP contribution in [-0.2, 0) is 9.59 Å². The van der Waals surface area contributed by atoms with Crippen molar-refractivity contribution in [3.63, 3.8) is 0 Å². The number of carbonyl (C=O) groups is 3. The van der Waals surface area contributed by atoms with E-state index < -0.39 is 39.1 Å². The van der Waals surface area contributed by atoms with Crippen molar-refractivity contribution in [2.24, 2.45) is 0 Å². The van der Waals surface area contributed by atoms with Crippen LogP contribution in [0.2, 0.25) is 0 Å². The molecule has 210 valence electrons. The van der Waals surface area contributed by atoms with Gasteiger partial charge in [0.05, 0.1) is 27.8 Å². The van der Waals surface area contributed by atoms with E-state index in [0.29, 0.717) is 16.9 Å². The number of aryl methyl sites for hydroxylation is 1. The van der Waals surface area contributed by atoms with Gasteiger partial charge in [0.15, 0.2) is 0 Å². The van der Waals surface area contributed by atoms with Crippen LogP contribution in [0.15, 0.2) is 78.6 Å². The minimum atomic E-state index is -0.873. The normalized spacial score (nSPS) is 14.2. The van der Waals surface area contributed by atoms with Crippen molar-refractivity contribution in [1.29, 1.82) is 0 Å². The zero-order valence-electron chi connectivity index (χ0n) is 22.0. The van der Waals surface area contributed by atoms with Crippen molar-refractivity contribution >= 4 is 41.0 Å². The molecule has 1 aliphatic heterocycles. The second kappa shape index (κ2) is 10.8. The van der Waals surface area contributed by atoms with Gasteiger partial charge in [0.1, 0.15) is 11.3 Å². The van der Waals surface area contributed by atoms with Gasteiger partial charge in [-0.1, -0.05) is 0 Å². The fraction of sp³-hybridized carbons (Fsp3) is 0.0714. The van der Waals surface area contributed by atoms with Crippen LogP contribution in [0.5, 0.6) is 11.5 Å². The Morgan fingerprint density at radius 3 is 2.31 bits per heavy atom. The van der Waals surface area contributed by atoms with E-state index >= 15 is 0 Å². The number of non-ortho nitro benzene ring substituents is 1. The predicted molar refractivity (Wildman–Crippen MR) is 148 cm³/mol. The zero-order chi connectivity index (χ0) is 30.1. The number of hydrogen-bond acceptors (Lipinski definition) is 9. The van der Waals surface area contributed by atoms with Crippen molar-refractivity contribution in [3.05, 3.63) is 116 Å². The molecule has 3 heterocycles. The number of amides is 4. The Kier molecular flexibility index (Phi) is 7.02. The number of hydrogen-bond donors (Lipinski definition) is 1. The van der Waals surface area contributed by atoms with E-state index in [9.17, 15) is 34.6 Å². The van der Waals surface area contributed by atoms with Crippen LogP contribution in [0, 0.1) is 34.1 Å². The van der Waals surface area contributed by atoms with E-state index in [1.54, 1.807) is 43.3 Å². The molecule has 0 spiro atoms. The van der Waals surface area contributed by atoms with Gasteiger partial charge < -0.3 is 9.30 Å². The number of ether oxygens (including phenoxy) is 1. The van der Waals surface area contributed by atoms with E-state index in [1.807, 2.05) is 11.5 Å². The maximum Gasteiger partial charge on any atom is 0.336 e. The summed E-state index contributed by atoms with van der Waals surface area (Å²) in [6, 6.07) is 13.6. The lowest BCUT2D eigenvalue weighted by Crippen LogP contribution is -2.54. The summed E-state index contributed by atoms with van der Waals surface area (Å²) >= 11 is 0. The number of nitrogens with one attached hydrogen (secondary N) is 1. The summed E-state index contributed by atoms with van der Waals surface area (Å²) < 4.78 is 7.50. The molecule has 14 heteroatoms. The lowest BCUT2D eigenvalue weighted by Gasteiger charge is -2.26. The molecule has 1 N–H and O–H groups in total. The first kappa shape index (κ1) is 27.4. The molecule has 4 aromatic rings. The average Bonchev–Trinajstić information content (AvgIpc) is 3.24. The maximum absolute atomic E-state index is 13.2. The summed E-state index contributed by atoms with van der Waals surface area (Å²) in [6.45, 7) is 3.62. The molecule has 1 aliphatic rings. The predicted octanol–water partition coefficient (Wildman–Crippen LogP) is 4.76. The Morgan fingerprint density at radius 2 is 1.67 bits per heavy atom. The lowest BCUT2D eigenvalue weighted by atomic mass is 10.1. The van der Waals surface area contributed by atoms with Gasteiger partial charge >= 0.3 is 11.7 Å². The number of nitro groups is 2. The fourth-order valence-electron chi connectivity index (χ4n) is 4.50. The van der Waals surface area contributed by atoms with Crippen molar-refractivity contribution < 1.29 is 29.0 Å². The molecule has 0 unspecified atom stereocenters. The van der Waals surface area contributed by atoms with E-state index in [1.165, 1.54) is 24.5 Å². The summed E-state index contributed by atoms with van der Waals surface area (Å²) in [4.78, 5) is 63.9. The van der Waals surface area contributed by atoms with Gasteiger partial charge in [-0.15, -0.1) is 0 Å². The van der Waals surface area contributed by atoms with Crippen molar-refractivity contribution in [2.45, 2.75) is 13.8 Å². The summed E-state index contributed by atoms with van der Waals surface area (Å²) in [5.74, 6) is -1.51. The number of benzene rings is 2. The van der Waals surface area contributed by atoms with E-state index in [-0.39, 0.29) is 22.8 Å². The highest BCUT2D eigenvalue weighted by Crippen LogP contribution is 2.35.